The van der Waals surface area contributed by atoms with Crippen LogP contribution in [0.1, 0.15) is 37.9 Å². The van der Waals surface area contributed by atoms with E-state index in [2.05, 4.69) is 65.1 Å². The van der Waals surface area contributed by atoms with Gasteiger partial charge in [0, 0.05) is 18.0 Å². The minimum atomic E-state index is -0.406. The molecule has 0 saturated heterocycles. The topological polar surface area (TPSA) is 104 Å². The zero-order valence-electron chi connectivity index (χ0n) is 16.7. The van der Waals surface area contributed by atoms with E-state index in [9.17, 15) is 0 Å². The van der Waals surface area contributed by atoms with Gasteiger partial charge in [-0.2, -0.15) is 4.98 Å². The van der Waals surface area contributed by atoms with Crippen molar-refractivity contribution in [3.05, 3.63) is 59.3 Å². The van der Waals surface area contributed by atoms with Crippen molar-refractivity contribution in [1.82, 2.24) is 25.1 Å². The van der Waals surface area contributed by atoms with Crippen molar-refractivity contribution >= 4 is 17.3 Å². The number of hydrogen-bond donors (Lipinski definition) is 1. The zero-order chi connectivity index (χ0) is 20.6. The maximum atomic E-state index is 5.59. The normalized spacial score (nSPS) is 13.6. The summed E-state index contributed by atoms with van der Waals surface area (Å²) in [5.41, 5.74) is 10.9. The highest BCUT2D eigenvalue weighted by atomic mass is 32.1. The summed E-state index contributed by atoms with van der Waals surface area (Å²) >= 11 is 1.50. The van der Waals surface area contributed by atoms with Crippen molar-refractivity contribution in [2.24, 2.45) is 5.92 Å². The Kier molecular flexibility index (Phi) is 4.87. The van der Waals surface area contributed by atoms with Crippen LogP contribution in [0.2, 0.25) is 0 Å². The Balaban J connectivity index is 1.71. The van der Waals surface area contributed by atoms with Gasteiger partial charge in [-0.15, -0.1) is 11.3 Å². The van der Waals surface area contributed by atoms with Crippen molar-refractivity contribution in [3.63, 3.8) is 0 Å². The summed E-state index contributed by atoms with van der Waals surface area (Å²) in [6, 6.07) is 8.30. The van der Waals surface area contributed by atoms with Gasteiger partial charge in [0.25, 0.3) is 5.89 Å². The van der Waals surface area contributed by atoms with Gasteiger partial charge < -0.3 is 10.3 Å². The van der Waals surface area contributed by atoms with Gasteiger partial charge in [0.15, 0.2) is 5.82 Å². The average Bonchev–Trinajstić information content (AvgIpc) is 3.37. The molecule has 148 valence electrons. The number of thiazole rings is 1. The molecule has 3 aromatic heterocycles. The second-order valence-corrected chi connectivity index (χ2v) is 8.31. The summed E-state index contributed by atoms with van der Waals surface area (Å²) in [4.78, 5) is 18.1. The SMILES string of the molecule is Cc1ncsc1-c1nc(C(C)(c2ccc(-c3cnc(N)nc3)cc2)C(C)C)no1. The van der Waals surface area contributed by atoms with Gasteiger partial charge >= 0.3 is 0 Å². The van der Waals surface area contributed by atoms with E-state index in [4.69, 9.17) is 15.2 Å². The van der Waals surface area contributed by atoms with Crippen LogP contribution >= 0.6 is 11.3 Å². The highest BCUT2D eigenvalue weighted by molar-refractivity contribution is 7.13. The number of nitrogens with zero attached hydrogens (tertiary/aromatic N) is 5. The Morgan fingerprint density at radius 2 is 1.72 bits per heavy atom. The highest BCUT2D eigenvalue weighted by Crippen LogP contribution is 2.39. The summed E-state index contributed by atoms with van der Waals surface area (Å²) in [7, 11) is 0. The van der Waals surface area contributed by atoms with Crippen LogP contribution in [0, 0.1) is 12.8 Å². The number of anilines is 1. The largest absolute Gasteiger partial charge is 0.368 e. The third kappa shape index (κ3) is 3.40. The van der Waals surface area contributed by atoms with E-state index < -0.39 is 5.41 Å². The lowest BCUT2D eigenvalue weighted by molar-refractivity contribution is 0.351. The number of nitrogen functional groups attached to an aromatic ring is 1. The molecule has 0 aliphatic carbocycles. The second kappa shape index (κ2) is 7.36. The second-order valence-electron chi connectivity index (χ2n) is 7.45. The molecule has 0 amide bonds. The number of benzene rings is 1. The Hall–Kier alpha value is -3.13. The first-order valence-electron chi connectivity index (χ1n) is 9.32. The third-order valence-electron chi connectivity index (χ3n) is 5.47. The molecule has 0 aliphatic heterocycles. The molecule has 7 nitrogen and oxygen atoms in total. The van der Waals surface area contributed by atoms with E-state index in [0.717, 1.165) is 27.3 Å². The van der Waals surface area contributed by atoms with Gasteiger partial charge in [0.2, 0.25) is 5.95 Å². The van der Waals surface area contributed by atoms with Crippen LogP contribution < -0.4 is 5.73 Å². The molecule has 29 heavy (non-hydrogen) atoms. The smallest absolute Gasteiger partial charge is 0.269 e. The maximum absolute atomic E-state index is 5.59. The van der Waals surface area contributed by atoms with Crippen LogP contribution in [0.25, 0.3) is 21.9 Å². The number of aryl methyl sites for hydroxylation is 1. The summed E-state index contributed by atoms with van der Waals surface area (Å²) in [5.74, 6) is 1.70. The molecular formula is C21H22N6OS. The van der Waals surface area contributed by atoms with E-state index in [1.807, 2.05) is 6.92 Å². The summed E-state index contributed by atoms with van der Waals surface area (Å²) in [6.45, 7) is 8.41. The van der Waals surface area contributed by atoms with Crippen molar-refractivity contribution in [3.8, 4) is 21.9 Å². The lowest BCUT2D eigenvalue weighted by Crippen LogP contribution is -2.31. The Morgan fingerprint density at radius 3 is 2.31 bits per heavy atom. The highest BCUT2D eigenvalue weighted by Gasteiger charge is 2.37. The van der Waals surface area contributed by atoms with Crippen LogP contribution in [-0.2, 0) is 5.41 Å². The predicted octanol–water partition coefficient (Wildman–Crippen LogP) is 4.50. The lowest BCUT2D eigenvalue weighted by atomic mass is 9.72. The monoisotopic (exact) mass is 406 g/mol. The minimum Gasteiger partial charge on any atom is -0.368 e. The number of rotatable bonds is 5. The molecule has 3 heterocycles. The third-order valence-corrected chi connectivity index (χ3v) is 6.39. The lowest BCUT2D eigenvalue weighted by Gasteiger charge is -2.31. The van der Waals surface area contributed by atoms with E-state index in [1.54, 1.807) is 17.9 Å². The quantitative estimate of drug-likeness (QED) is 0.520. The van der Waals surface area contributed by atoms with Crippen LogP contribution in [0.4, 0.5) is 5.95 Å². The van der Waals surface area contributed by atoms with E-state index >= 15 is 0 Å². The van der Waals surface area contributed by atoms with Crippen molar-refractivity contribution in [1.29, 1.82) is 0 Å². The molecule has 4 aromatic rings. The predicted molar refractivity (Wildman–Crippen MR) is 113 cm³/mol. The molecule has 0 aliphatic rings. The fourth-order valence-electron chi connectivity index (χ4n) is 3.25. The zero-order valence-corrected chi connectivity index (χ0v) is 17.6. The van der Waals surface area contributed by atoms with Gasteiger partial charge in [-0.25, -0.2) is 15.0 Å². The summed E-state index contributed by atoms with van der Waals surface area (Å²) in [5, 5.41) is 4.33. The van der Waals surface area contributed by atoms with Crippen molar-refractivity contribution < 1.29 is 4.52 Å². The van der Waals surface area contributed by atoms with Gasteiger partial charge in [-0.05, 0) is 30.9 Å². The Bertz CT molecular complexity index is 1120. The molecule has 8 heteroatoms. The van der Waals surface area contributed by atoms with Gasteiger partial charge in [0.05, 0.1) is 16.6 Å². The summed E-state index contributed by atoms with van der Waals surface area (Å²) < 4.78 is 5.59. The molecule has 0 bridgehead atoms. The summed E-state index contributed by atoms with van der Waals surface area (Å²) in [6.07, 6.45) is 3.45. The molecule has 2 N–H and O–H groups in total. The number of aromatic nitrogens is 5. The molecule has 0 spiro atoms. The molecule has 1 aromatic carbocycles. The van der Waals surface area contributed by atoms with Crippen LogP contribution in [-0.4, -0.2) is 25.1 Å². The molecule has 0 fully saturated rings. The van der Waals surface area contributed by atoms with E-state index in [-0.39, 0.29) is 11.9 Å². The number of nitrogens with two attached hydrogens (primary N) is 1. The first-order valence-corrected chi connectivity index (χ1v) is 10.2. The molecule has 0 saturated carbocycles. The standard InChI is InChI=1S/C21H22N6OS/c1-12(2)21(4,19-26-18(28-27-19)17-13(3)25-11-29-17)16-7-5-14(6-8-16)15-9-23-20(22)24-10-15/h5-12H,1-4H3,(H2,22,23,24). The molecule has 1 unspecified atom stereocenters. The van der Waals surface area contributed by atoms with Gasteiger partial charge in [0.1, 0.15) is 4.88 Å². The fourth-order valence-corrected chi connectivity index (χ4v) is 3.97. The van der Waals surface area contributed by atoms with E-state index in [0.29, 0.717) is 11.7 Å². The molecular weight excluding hydrogens is 384 g/mol. The molecule has 1 atom stereocenters. The Labute approximate surface area is 173 Å². The minimum absolute atomic E-state index is 0.251. The van der Waals surface area contributed by atoms with Crippen LogP contribution in [0.5, 0.6) is 0 Å². The van der Waals surface area contributed by atoms with Gasteiger partial charge in [-0.3, -0.25) is 0 Å². The molecule has 0 radical (unpaired) electrons. The first kappa shape index (κ1) is 19.2. The fraction of sp³-hybridized carbons (Fsp3) is 0.286. The number of hydrogen-bond acceptors (Lipinski definition) is 8. The van der Waals surface area contributed by atoms with E-state index in [1.165, 1.54) is 11.3 Å². The van der Waals surface area contributed by atoms with Crippen LogP contribution in [0.15, 0.2) is 46.7 Å². The van der Waals surface area contributed by atoms with Crippen molar-refractivity contribution in [2.45, 2.75) is 33.1 Å². The molecule has 4 rings (SSSR count). The van der Waals surface area contributed by atoms with Crippen LogP contribution in [0.3, 0.4) is 0 Å². The Morgan fingerprint density at radius 1 is 1.03 bits per heavy atom. The first-order chi connectivity index (χ1) is 13.9. The average molecular weight is 407 g/mol. The van der Waals surface area contributed by atoms with Crippen molar-refractivity contribution in [2.75, 3.05) is 5.73 Å². The van der Waals surface area contributed by atoms with Gasteiger partial charge in [-0.1, -0.05) is 43.3 Å². The maximum Gasteiger partial charge on any atom is 0.269 e.